The van der Waals surface area contributed by atoms with Crippen molar-refractivity contribution in [1.29, 1.82) is 0 Å². The fraction of sp³-hybridized carbons (Fsp3) is 0.200. The summed E-state index contributed by atoms with van der Waals surface area (Å²) in [5, 5.41) is 7.38. The van der Waals surface area contributed by atoms with E-state index in [-0.39, 0.29) is 11.8 Å². The Balaban J connectivity index is 2.16. The van der Waals surface area contributed by atoms with Crippen LogP contribution in [0.15, 0.2) is 35.7 Å². The number of hydrogen-bond acceptors (Lipinski definition) is 4. The zero-order valence-corrected chi connectivity index (χ0v) is 12.6. The Morgan fingerprint density at radius 2 is 2.05 bits per heavy atom. The summed E-state index contributed by atoms with van der Waals surface area (Å²) in [4.78, 5) is 24.0. The summed E-state index contributed by atoms with van der Waals surface area (Å²) in [5.41, 5.74) is 1.19. The predicted molar refractivity (Wildman–Crippen MR) is 84.2 cm³/mol. The molecule has 1 aromatic carbocycles. The van der Waals surface area contributed by atoms with Gasteiger partial charge in [-0.15, -0.1) is 11.3 Å². The predicted octanol–water partition coefficient (Wildman–Crippen LogP) is 3.36. The van der Waals surface area contributed by atoms with E-state index in [0.717, 1.165) is 0 Å². The molecule has 0 saturated heterocycles. The van der Waals surface area contributed by atoms with Crippen LogP contribution < -0.4 is 15.4 Å². The van der Waals surface area contributed by atoms with Crippen molar-refractivity contribution >= 4 is 34.5 Å². The zero-order valence-electron chi connectivity index (χ0n) is 11.8. The molecule has 0 bridgehead atoms. The minimum absolute atomic E-state index is 0.0765. The molecule has 0 aliphatic heterocycles. The molecular weight excluding hydrogens is 288 g/mol. The maximum atomic E-state index is 12.0. The van der Waals surface area contributed by atoms with Crippen molar-refractivity contribution in [2.45, 2.75) is 13.3 Å². The van der Waals surface area contributed by atoms with E-state index in [1.54, 1.807) is 31.2 Å². The van der Waals surface area contributed by atoms with Crippen LogP contribution in [0.5, 0.6) is 5.75 Å². The van der Waals surface area contributed by atoms with Crippen LogP contribution in [0.4, 0.5) is 11.4 Å². The van der Waals surface area contributed by atoms with E-state index in [1.165, 1.54) is 18.4 Å². The fourth-order valence-electron chi connectivity index (χ4n) is 1.71. The summed E-state index contributed by atoms with van der Waals surface area (Å²) in [6, 6.07) is 8.68. The highest BCUT2D eigenvalue weighted by Crippen LogP contribution is 2.28. The van der Waals surface area contributed by atoms with Crippen molar-refractivity contribution in [3.8, 4) is 5.75 Å². The monoisotopic (exact) mass is 304 g/mol. The van der Waals surface area contributed by atoms with Gasteiger partial charge in [-0.25, -0.2) is 0 Å². The minimum Gasteiger partial charge on any atom is -0.494 e. The van der Waals surface area contributed by atoms with Gasteiger partial charge in [-0.2, -0.15) is 0 Å². The lowest BCUT2D eigenvalue weighted by molar-refractivity contribution is -0.115. The number of carbonyl (C=O) groups excluding carboxylic acids is 2. The second kappa shape index (κ2) is 6.90. The van der Waals surface area contributed by atoms with Crippen LogP contribution >= 0.6 is 11.3 Å². The normalized spacial score (nSPS) is 10.0. The van der Waals surface area contributed by atoms with Crippen molar-refractivity contribution in [1.82, 2.24) is 0 Å². The maximum absolute atomic E-state index is 12.0. The number of benzene rings is 1. The lowest BCUT2D eigenvalue weighted by Crippen LogP contribution is -2.12. The first kappa shape index (κ1) is 15.1. The third-order valence-electron chi connectivity index (χ3n) is 2.80. The van der Waals surface area contributed by atoms with E-state index in [4.69, 9.17) is 4.74 Å². The van der Waals surface area contributed by atoms with Crippen molar-refractivity contribution < 1.29 is 14.3 Å². The summed E-state index contributed by atoms with van der Waals surface area (Å²) < 4.78 is 5.26. The molecule has 0 radical (unpaired) electrons. The molecule has 1 aromatic heterocycles. The molecule has 21 heavy (non-hydrogen) atoms. The average Bonchev–Trinajstić information content (AvgIpc) is 3.03. The van der Waals surface area contributed by atoms with Crippen LogP contribution in [0.2, 0.25) is 0 Å². The van der Waals surface area contributed by atoms with Crippen LogP contribution in [0.25, 0.3) is 0 Å². The van der Waals surface area contributed by atoms with Crippen LogP contribution in [0.1, 0.15) is 23.0 Å². The van der Waals surface area contributed by atoms with E-state index >= 15 is 0 Å². The number of thiophene rings is 1. The topological polar surface area (TPSA) is 67.4 Å². The molecule has 110 valence electrons. The standard InChI is InChI=1S/C15H16N2O3S/c1-3-14(18)16-10-6-7-11(12(9-10)20-2)17-15(19)13-5-4-8-21-13/h4-9H,3H2,1-2H3,(H,16,18)(H,17,19). The van der Waals surface area contributed by atoms with E-state index in [2.05, 4.69) is 10.6 Å². The molecule has 0 aliphatic rings. The lowest BCUT2D eigenvalue weighted by Gasteiger charge is -2.12. The number of anilines is 2. The molecule has 6 heteroatoms. The Kier molecular flexibility index (Phi) is 4.94. The number of amides is 2. The molecule has 0 unspecified atom stereocenters. The molecule has 0 spiro atoms. The average molecular weight is 304 g/mol. The van der Waals surface area contributed by atoms with Gasteiger partial charge in [-0.05, 0) is 23.6 Å². The van der Waals surface area contributed by atoms with Gasteiger partial charge in [-0.3, -0.25) is 9.59 Å². The van der Waals surface area contributed by atoms with Crippen molar-refractivity contribution in [3.63, 3.8) is 0 Å². The fourth-order valence-corrected chi connectivity index (χ4v) is 2.33. The highest BCUT2D eigenvalue weighted by atomic mass is 32.1. The molecule has 0 saturated carbocycles. The van der Waals surface area contributed by atoms with E-state index in [9.17, 15) is 9.59 Å². The second-order valence-corrected chi connectivity index (χ2v) is 5.20. The van der Waals surface area contributed by atoms with Gasteiger partial charge in [0.2, 0.25) is 5.91 Å². The molecule has 2 N–H and O–H groups in total. The van der Waals surface area contributed by atoms with E-state index in [1.807, 2.05) is 11.4 Å². The summed E-state index contributed by atoms with van der Waals surface area (Å²) in [6.45, 7) is 1.78. The zero-order chi connectivity index (χ0) is 15.2. The third kappa shape index (κ3) is 3.82. The number of methoxy groups -OCH3 is 1. The van der Waals surface area contributed by atoms with Gasteiger partial charge in [0.25, 0.3) is 5.91 Å². The van der Waals surface area contributed by atoms with Crippen LogP contribution in [0.3, 0.4) is 0 Å². The quantitative estimate of drug-likeness (QED) is 0.890. The lowest BCUT2D eigenvalue weighted by atomic mass is 10.2. The summed E-state index contributed by atoms with van der Waals surface area (Å²) in [6.07, 6.45) is 0.402. The van der Waals surface area contributed by atoms with E-state index < -0.39 is 0 Å². The number of nitrogens with one attached hydrogen (secondary N) is 2. The number of carbonyl (C=O) groups is 2. The van der Waals surface area contributed by atoms with Crippen molar-refractivity contribution in [2.75, 3.05) is 17.7 Å². The molecule has 2 amide bonds. The maximum Gasteiger partial charge on any atom is 0.265 e. The number of hydrogen-bond donors (Lipinski definition) is 2. The highest BCUT2D eigenvalue weighted by molar-refractivity contribution is 7.12. The van der Waals surface area contributed by atoms with Crippen molar-refractivity contribution in [2.24, 2.45) is 0 Å². The smallest absolute Gasteiger partial charge is 0.265 e. The van der Waals surface area contributed by atoms with Gasteiger partial charge >= 0.3 is 0 Å². The Hall–Kier alpha value is -2.34. The van der Waals surface area contributed by atoms with E-state index in [0.29, 0.717) is 28.4 Å². The number of rotatable bonds is 5. The Morgan fingerprint density at radius 1 is 1.24 bits per heavy atom. The summed E-state index contributed by atoms with van der Waals surface area (Å²) in [5.74, 6) is 0.231. The molecule has 2 aromatic rings. The van der Waals surface area contributed by atoms with Gasteiger partial charge in [0.15, 0.2) is 0 Å². The Labute approximate surface area is 126 Å². The van der Waals surface area contributed by atoms with Gasteiger partial charge in [-0.1, -0.05) is 13.0 Å². The Morgan fingerprint density at radius 3 is 2.67 bits per heavy atom. The third-order valence-corrected chi connectivity index (χ3v) is 3.67. The molecule has 2 rings (SSSR count). The highest BCUT2D eigenvalue weighted by Gasteiger charge is 2.11. The SMILES string of the molecule is CCC(=O)Nc1ccc(NC(=O)c2cccs2)c(OC)c1. The Bertz CT molecular complexity index is 638. The first-order valence-corrected chi connectivity index (χ1v) is 7.34. The van der Waals surface area contributed by atoms with Crippen LogP contribution in [-0.4, -0.2) is 18.9 Å². The first-order chi connectivity index (χ1) is 10.1. The summed E-state index contributed by atoms with van der Waals surface area (Å²) >= 11 is 1.37. The molecule has 0 atom stereocenters. The van der Waals surface area contributed by atoms with Gasteiger partial charge < -0.3 is 15.4 Å². The van der Waals surface area contributed by atoms with Gasteiger partial charge in [0, 0.05) is 18.2 Å². The van der Waals surface area contributed by atoms with Crippen LogP contribution in [-0.2, 0) is 4.79 Å². The second-order valence-electron chi connectivity index (χ2n) is 4.25. The molecule has 0 aliphatic carbocycles. The molecular formula is C15H16N2O3S. The number of ether oxygens (including phenoxy) is 1. The van der Waals surface area contributed by atoms with Crippen molar-refractivity contribution in [3.05, 3.63) is 40.6 Å². The van der Waals surface area contributed by atoms with Gasteiger partial charge in [0.1, 0.15) is 5.75 Å². The minimum atomic E-state index is -0.186. The molecule has 5 nitrogen and oxygen atoms in total. The summed E-state index contributed by atoms with van der Waals surface area (Å²) in [7, 11) is 1.52. The largest absolute Gasteiger partial charge is 0.494 e. The van der Waals surface area contributed by atoms with Crippen LogP contribution in [0, 0.1) is 0 Å². The molecule has 1 heterocycles. The first-order valence-electron chi connectivity index (χ1n) is 6.46. The van der Waals surface area contributed by atoms with Gasteiger partial charge in [0.05, 0.1) is 17.7 Å². The molecule has 0 fully saturated rings.